The molecule has 0 radical (unpaired) electrons. The van der Waals surface area contributed by atoms with Gasteiger partial charge in [0.05, 0.1) is 19.2 Å². The Bertz CT molecular complexity index is 1170. The van der Waals surface area contributed by atoms with Crippen LogP contribution in [-0.4, -0.2) is 42.7 Å². The zero-order valence-electron chi connectivity index (χ0n) is 22.9. The summed E-state index contributed by atoms with van der Waals surface area (Å²) in [5, 5.41) is 3.00. The monoisotopic (exact) mass is 497 g/mol. The molecule has 1 aliphatic rings. The van der Waals surface area contributed by atoms with Gasteiger partial charge >= 0.3 is 12.1 Å². The first-order valence-corrected chi connectivity index (χ1v) is 12.3. The molecule has 0 unspecified atom stereocenters. The van der Waals surface area contributed by atoms with Crippen molar-refractivity contribution >= 4 is 29.5 Å². The third-order valence-electron chi connectivity index (χ3n) is 6.85. The van der Waals surface area contributed by atoms with Gasteiger partial charge in [0.1, 0.15) is 17.1 Å². The fourth-order valence-corrected chi connectivity index (χ4v) is 4.72. The molecule has 1 aromatic carbocycles. The van der Waals surface area contributed by atoms with E-state index in [4.69, 9.17) is 9.47 Å². The Kier molecular flexibility index (Phi) is 7.31. The highest BCUT2D eigenvalue weighted by atomic mass is 16.6. The van der Waals surface area contributed by atoms with Gasteiger partial charge in [0, 0.05) is 7.05 Å². The fourth-order valence-electron chi connectivity index (χ4n) is 4.72. The Morgan fingerprint density at radius 1 is 1.03 bits per heavy atom. The second-order valence-electron chi connectivity index (χ2n) is 11.8. The molecule has 2 N–H and O–H groups in total. The van der Waals surface area contributed by atoms with Crippen molar-refractivity contribution in [3.8, 4) is 0 Å². The van der Waals surface area contributed by atoms with Crippen LogP contribution in [0.4, 0.5) is 16.3 Å². The van der Waals surface area contributed by atoms with Gasteiger partial charge in [-0.25, -0.2) is 9.59 Å². The van der Waals surface area contributed by atoms with Crippen molar-refractivity contribution in [2.75, 3.05) is 24.4 Å². The standard InChI is InChI=1S/C28H39N3O5/c1-26(2,3)36-25(34)30-23-17(10-11-18-22(23)28(6,7)15-14-27(18,4)5)16-21(32)31(8)20-13-12-19(29-20)24(33)35-9/h10-13,29H,14-16H2,1-9H3,(H,30,34). The van der Waals surface area contributed by atoms with E-state index in [0.29, 0.717) is 17.1 Å². The molecule has 2 aromatic rings. The second kappa shape index (κ2) is 9.64. The molecule has 0 saturated carbocycles. The summed E-state index contributed by atoms with van der Waals surface area (Å²) in [7, 11) is 2.94. The average Bonchev–Trinajstić information content (AvgIpc) is 3.25. The minimum absolute atomic E-state index is 0.0536. The quantitative estimate of drug-likeness (QED) is 0.516. The molecule has 0 bridgehead atoms. The molecule has 0 aliphatic heterocycles. The Morgan fingerprint density at radius 2 is 1.67 bits per heavy atom. The van der Waals surface area contributed by atoms with Crippen LogP contribution in [0.15, 0.2) is 24.3 Å². The van der Waals surface area contributed by atoms with Crippen molar-refractivity contribution < 1.29 is 23.9 Å². The van der Waals surface area contributed by atoms with Crippen molar-refractivity contribution in [3.05, 3.63) is 46.6 Å². The molecular weight excluding hydrogens is 458 g/mol. The summed E-state index contributed by atoms with van der Waals surface area (Å²) >= 11 is 0. The molecule has 1 heterocycles. The van der Waals surface area contributed by atoms with Crippen LogP contribution >= 0.6 is 0 Å². The van der Waals surface area contributed by atoms with Gasteiger partial charge in [0.2, 0.25) is 5.91 Å². The van der Waals surface area contributed by atoms with E-state index >= 15 is 0 Å². The van der Waals surface area contributed by atoms with E-state index in [1.165, 1.54) is 17.6 Å². The van der Waals surface area contributed by atoms with E-state index in [1.807, 2.05) is 26.8 Å². The van der Waals surface area contributed by atoms with Gasteiger partial charge in [-0.2, -0.15) is 0 Å². The number of ether oxygens (including phenoxy) is 2. The summed E-state index contributed by atoms with van der Waals surface area (Å²) in [4.78, 5) is 42.4. The first kappa shape index (κ1) is 27.3. The summed E-state index contributed by atoms with van der Waals surface area (Å²) in [6, 6.07) is 7.24. The molecule has 0 spiro atoms. The maximum Gasteiger partial charge on any atom is 0.412 e. The number of fused-ring (bicyclic) bond motifs is 1. The molecule has 0 fully saturated rings. The Labute approximate surface area is 213 Å². The summed E-state index contributed by atoms with van der Waals surface area (Å²) < 4.78 is 10.3. The first-order chi connectivity index (χ1) is 16.6. The van der Waals surface area contributed by atoms with Gasteiger partial charge in [-0.1, -0.05) is 39.8 Å². The van der Waals surface area contributed by atoms with Crippen LogP contribution in [0.25, 0.3) is 0 Å². The highest BCUT2D eigenvalue weighted by molar-refractivity contribution is 5.97. The lowest BCUT2D eigenvalue weighted by Crippen LogP contribution is -2.37. The number of likely N-dealkylation sites (N-methyl/N-ethyl adjacent to an activating group) is 1. The van der Waals surface area contributed by atoms with E-state index in [1.54, 1.807) is 19.2 Å². The third-order valence-corrected chi connectivity index (χ3v) is 6.85. The lowest BCUT2D eigenvalue weighted by molar-refractivity contribution is -0.117. The molecule has 8 nitrogen and oxygen atoms in total. The number of rotatable bonds is 5. The minimum Gasteiger partial charge on any atom is -0.464 e. The van der Waals surface area contributed by atoms with E-state index < -0.39 is 17.7 Å². The van der Waals surface area contributed by atoms with Crippen LogP contribution in [0.3, 0.4) is 0 Å². The lowest BCUT2D eigenvalue weighted by Gasteiger charge is -2.43. The predicted molar refractivity (Wildman–Crippen MR) is 141 cm³/mol. The van der Waals surface area contributed by atoms with E-state index in [-0.39, 0.29) is 28.9 Å². The number of carbonyl (C=O) groups is 3. The number of hydrogen-bond acceptors (Lipinski definition) is 5. The average molecular weight is 498 g/mol. The normalized spacial score (nSPS) is 16.0. The van der Waals surface area contributed by atoms with Gasteiger partial charge in [0.25, 0.3) is 0 Å². The predicted octanol–water partition coefficient (Wildman–Crippen LogP) is 5.70. The van der Waals surface area contributed by atoms with E-state index in [0.717, 1.165) is 18.4 Å². The van der Waals surface area contributed by atoms with Crippen molar-refractivity contribution in [2.45, 2.75) is 84.2 Å². The molecule has 0 atom stereocenters. The molecule has 1 aliphatic carbocycles. The number of amides is 2. The topological polar surface area (TPSA) is 101 Å². The third kappa shape index (κ3) is 5.74. The van der Waals surface area contributed by atoms with Crippen LogP contribution in [0.2, 0.25) is 0 Å². The molecule has 2 amide bonds. The highest BCUT2D eigenvalue weighted by Crippen LogP contribution is 2.49. The number of carbonyl (C=O) groups excluding carboxylic acids is 3. The highest BCUT2D eigenvalue weighted by Gasteiger charge is 2.40. The summed E-state index contributed by atoms with van der Waals surface area (Å²) in [5.74, 6) is -0.236. The number of methoxy groups -OCH3 is 1. The van der Waals surface area contributed by atoms with Crippen LogP contribution in [0, 0.1) is 0 Å². The zero-order chi connectivity index (χ0) is 27.1. The molecule has 1 aromatic heterocycles. The molecule has 36 heavy (non-hydrogen) atoms. The Balaban J connectivity index is 2.02. The molecule has 3 rings (SSSR count). The number of esters is 1. The van der Waals surface area contributed by atoms with Crippen molar-refractivity contribution in [1.29, 1.82) is 0 Å². The number of nitrogens with one attached hydrogen (secondary N) is 2. The maximum atomic E-state index is 13.3. The summed E-state index contributed by atoms with van der Waals surface area (Å²) in [6.07, 6.45) is 1.48. The largest absolute Gasteiger partial charge is 0.464 e. The number of nitrogens with zero attached hydrogens (tertiary/aromatic N) is 1. The number of anilines is 2. The number of aromatic amines is 1. The summed E-state index contributed by atoms with van der Waals surface area (Å²) in [6.45, 7) is 14.2. The van der Waals surface area contributed by atoms with Gasteiger partial charge in [-0.3, -0.25) is 10.1 Å². The van der Waals surface area contributed by atoms with Crippen LogP contribution in [0.5, 0.6) is 0 Å². The zero-order valence-corrected chi connectivity index (χ0v) is 22.9. The van der Waals surface area contributed by atoms with Crippen molar-refractivity contribution in [1.82, 2.24) is 4.98 Å². The summed E-state index contributed by atoms with van der Waals surface area (Å²) in [5.41, 5.74) is 2.90. The van der Waals surface area contributed by atoms with Gasteiger partial charge in [0.15, 0.2) is 0 Å². The fraction of sp³-hybridized carbons (Fsp3) is 0.536. The molecular formula is C28H39N3O5. The second-order valence-corrected chi connectivity index (χ2v) is 11.8. The van der Waals surface area contributed by atoms with Crippen molar-refractivity contribution in [3.63, 3.8) is 0 Å². The Hall–Kier alpha value is -3.29. The van der Waals surface area contributed by atoms with Crippen LogP contribution < -0.4 is 10.2 Å². The smallest absolute Gasteiger partial charge is 0.412 e. The molecule has 0 saturated heterocycles. The number of hydrogen-bond donors (Lipinski definition) is 2. The number of aromatic nitrogens is 1. The maximum absolute atomic E-state index is 13.3. The Morgan fingerprint density at radius 3 is 2.28 bits per heavy atom. The SMILES string of the molecule is COC(=O)c1ccc(N(C)C(=O)Cc2ccc3c(c2NC(=O)OC(C)(C)C)C(C)(C)CCC3(C)C)[nH]1. The van der Waals surface area contributed by atoms with Gasteiger partial charge < -0.3 is 19.4 Å². The lowest BCUT2D eigenvalue weighted by atomic mass is 9.62. The van der Waals surface area contributed by atoms with E-state index in [2.05, 4.69) is 44.1 Å². The van der Waals surface area contributed by atoms with Gasteiger partial charge in [-0.05, 0) is 73.3 Å². The van der Waals surface area contributed by atoms with E-state index in [9.17, 15) is 14.4 Å². The van der Waals surface area contributed by atoms with Crippen LogP contribution in [-0.2, 0) is 31.5 Å². The van der Waals surface area contributed by atoms with Crippen LogP contribution in [0.1, 0.15) is 88.5 Å². The van der Waals surface area contributed by atoms with Gasteiger partial charge in [-0.15, -0.1) is 0 Å². The number of benzene rings is 1. The first-order valence-electron chi connectivity index (χ1n) is 12.3. The molecule has 196 valence electrons. The van der Waals surface area contributed by atoms with Crippen molar-refractivity contribution in [2.24, 2.45) is 0 Å². The minimum atomic E-state index is -0.658. The number of H-pyrrole nitrogens is 1. The molecule has 8 heteroatoms.